The second-order valence-electron chi connectivity index (χ2n) is 16.5. The topological polar surface area (TPSA) is 95.9 Å². The molecule has 0 radical (unpaired) electrons. The second-order valence-corrected chi connectivity index (χ2v) is 16.5. The van der Waals surface area contributed by atoms with Crippen molar-refractivity contribution in [2.45, 2.75) is 219 Å². The van der Waals surface area contributed by atoms with E-state index in [0.29, 0.717) is 19.3 Å². The molecule has 0 rings (SSSR count). The minimum Gasteiger partial charge on any atom is -0.462 e. The normalized spacial score (nSPS) is 14.3. The first-order valence-electron chi connectivity index (χ1n) is 25.3. The van der Waals surface area contributed by atoms with Gasteiger partial charge in [-0.05, 0) is 77.0 Å². The molecule has 0 aromatic rings. The number of hydrogen-bond donors (Lipinski definition) is 3. The van der Waals surface area contributed by atoms with Crippen LogP contribution < -0.4 is 5.32 Å². The van der Waals surface area contributed by atoms with Crippen LogP contribution in [-0.2, 0) is 14.3 Å². The summed E-state index contributed by atoms with van der Waals surface area (Å²) in [5, 5.41) is 23.7. The van der Waals surface area contributed by atoms with Crippen molar-refractivity contribution < 1.29 is 24.5 Å². The first kappa shape index (κ1) is 59.3. The number of aliphatic hydroxyl groups is 2. The van der Waals surface area contributed by atoms with E-state index in [0.717, 1.165) is 77.0 Å². The Labute approximate surface area is 387 Å². The Bertz CT molecular complexity index is 1350. The molecule has 0 aliphatic heterocycles. The molecule has 0 aromatic heterocycles. The zero-order valence-electron chi connectivity index (χ0n) is 40.4. The standard InChI is InChI=1S/C57H93NO5/c1-4-7-10-13-16-19-22-24-26-27-28-29-30-32-35-38-41-44-47-50-57(62)63-53(48-45-42-39-36-33-21-18-15-12-9-6-3)51-56(61)58-54(52-59)55(60)49-46-43-40-37-34-31-25-23-20-17-14-11-8-5-2/h7,9-10,12,15-16,18-19,21,24,26,28-29,32-33,35-36,39,41,44,53-55,59-60H,4-6,8,11,13-14,17,20,22-23,25,27,30-31,34,37-38,40,42-43,45-52H2,1-3H3,(H,58,61)/b10-7-,12-9+,18-15+,19-16-,26-24-,29-28-,33-21-,35-32-,39-36-,44-41-. The molecule has 0 aromatic carbocycles. The summed E-state index contributed by atoms with van der Waals surface area (Å²) < 4.78 is 5.84. The van der Waals surface area contributed by atoms with E-state index in [-0.39, 0.29) is 31.3 Å². The highest BCUT2D eigenvalue weighted by Crippen LogP contribution is 2.16. The highest BCUT2D eigenvalue weighted by atomic mass is 16.5. The molecule has 0 fully saturated rings. The molecule has 3 unspecified atom stereocenters. The van der Waals surface area contributed by atoms with Crippen LogP contribution in [0.2, 0.25) is 0 Å². The Morgan fingerprint density at radius 3 is 1.43 bits per heavy atom. The molecule has 63 heavy (non-hydrogen) atoms. The quantitative estimate of drug-likeness (QED) is 0.0245. The lowest BCUT2D eigenvalue weighted by Gasteiger charge is -2.24. The molecular formula is C57H93NO5. The van der Waals surface area contributed by atoms with Gasteiger partial charge in [0.25, 0.3) is 0 Å². The van der Waals surface area contributed by atoms with Crippen LogP contribution in [0.4, 0.5) is 0 Å². The number of amides is 1. The van der Waals surface area contributed by atoms with Gasteiger partial charge in [0.2, 0.25) is 5.91 Å². The van der Waals surface area contributed by atoms with Crippen LogP contribution in [-0.4, -0.2) is 46.9 Å². The molecule has 6 nitrogen and oxygen atoms in total. The summed E-state index contributed by atoms with van der Waals surface area (Å²) in [5.41, 5.74) is 0. The predicted molar refractivity (Wildman–Crippen MR) is 273 cm³/mol. The zero-order valence-corrected chi connectivity index (χ0v) is 40.4. The average Bonchev–Trinajstić information content (AvgIpc) is 3.28. The van der Waals surface area contributed by atoms with Gasteiger partial charge >= 0.3 is 5.97 Å². The molecule has 0 saturated heterocycles. The van der Waals surface area contributed by atoms with E-state index in [2.05, 4.69) is 105 Å². The summed E-state index contributed by atoms with van der Waals surface area (Å²) in [7, 11) is 0. The van der Waals surface area contributed by atoms with Crippen LogP contribution in [0.15, 0.2) is 122 Å². The third kappa shape index (κ3) is 44.7. The Morgan fingerprint density at radius 1 is 0.492 bits per heavy atom. The molecular weight excluding hydrogens is 779 g/mol. The highest BCUT2D eigenvalue weighted by Gasteiger charge is 2.23. The molecule has 1 amide bonds. The summed E-state index contributed by atoms with van der Waals surface area (Å²) in [4.78, 5) is 26.0. The molecule has 356 valence electrons. The molecule has 0 heterocycles. The number of hydrogen-bond acceptors (Lipinski definition) is 5. The average molecular weight is 872 g/mol. The van der Waals surface area contributed by atoms with Crippen molar-refractivity contribution in [3.63, 3.8) is 0 Å². The Kier molecular flexibility index (Phi) is 46.4. The number of allylic oxidation sites excluding steroid dienone is 20. The van der Waals surface area contributed by atoms with Gasteiger partial charge in [0.1, 0.15) is 6.10 Å². The molecule has 0 aliphatic carbocycles. The minimum atomic E-state index is -0.825. The fourth-order valence-electron chi connectivity index (χ4n) is 6.88. The van der Waals surface area contributed by atoms with Crippen LogP contribution in [0, 0.1) is 0 Å². The van der Waals surface area contributed by atoms with E-state index in [1.54, 1.807) is 0 Å². The Balaban J connectivity index is 4.73. The fourth-order valence-corrected chi connectivity index (χ4v) is 6.88. The van der Waals surface area contributed by atoms with Crippen molar-refractivity contribution in [3.05, 3.63) is 122 Å². The van der Waals surface area contributed by atoms with Gasteiger partial charge in [-0.3, -0.25) is 9.59 Å². The fraction of sp³-hybridized carbons (Fsp3) is 0.614. The van der Waals surface area contributed by atoms with Gasteiger partial charge in [0.05, 0.1) is 25.2 Å². The number of esters is 1. The minimum absolute atomic E-state index is 0.00653. The summed E-state index contributed by atoms with van der Waals surface area (Å²) >= 11 is 0. The summed E-state index contributed by atoms with van der Waals surface area (Å²) in [5.74, 6) is -0.655. The number of rotatable bonds is 43. The third-order valence-corrected chi connectivity index (χ3v) is 10.6. The van der Waals surface area contributed by atoms with Crippen molar-refractivity contribution in [1.82, 2.24) is 5.32 Å². The molecule has 0 bridgehead atoms. The Morgan fingerprint density at radius 2 is 0.937 bits per heavy atom. The number of nitrogens with one attached hydrogen (secondary N) is 1. The summed E-state index contributed by atoms with van der Waals surface area (Å²) in [6.07, 6.45) is 68.5. The smallest absolute Gasteiger partial charge is 0.306 e. The Hall–Kier alpha value is -3.74. The van der Waals surface area contributed by atoms with Gasteiger partial charge in [0.15, 0.2) is 0 Å². The number of unbranched alkanes of at least 4 members (excludes halogenated alkanes) is 14. The van der Waals surface area contributed by atoms with Gasteiger partial charge in [-0.1, -0.05) is 232 Å². The van der Waals surface area contributed by atoms with Crippen LogP contribution in [0.3, 0.4) is 0 Å². The van der Waals surface area contributed by atoms with Crippen LogP contribution in [0.5, 0.6) is 0 Å². The number of carbonyl (C=O) groups excluding carboxylic acids is 2. The lowest BCUT2D eigenvalue weighted by Crippen LogP contribution is -2.46. The first-order valence-corrected chi connectivity index (χ1v) is 25.3. The zero-order chi connectivity index (χ0) is 45.9. The van der Waals surface area contributed by atoms with Gasteiger partial charge < -0.3 is 20.3 Å². The molecule has 3 N–H and O–H groups in total. The maximum Gasteiger partial charge on any atom is 0.306 e. The lowest BCUT2D eigenvalue weighted by molar-refractivity contribution is -0.150. The third-order valence-electron chi connectivity index (χ3n) is 10.6. The van der Waals surface area contributed by atoms with Crippen LogP contribution in [0.25, 0.3) is 0 Å². The van der Waals surface area contributed by atoms with E-state index >= 15 is 0 Å². The van der Waals surface area contributed by atoms with E-state index in [1.165, 1.54) is 70.6 Å². The monoisotopic (exact) mass is 872 g/mol. The molecule has 6 heteroatoms. The van der Waals surface area contributed by atoms with E-state index in [1.807, 2.05) is 42.5 Å². The van der Waals surface area contributed by atoms with Crippen molar-refractivity contribution >= 4 is 11.9 Å². The van der Waals surface area contributed by atoms with Crippen molar-refractivity contribution in [2.75, 3.05) is 6.61 Å². The lowest BCUT2D eigenvalue weighted by atomic mass is 10.0. The molecule has 0 saturated carbocycles. The molecule has 0 spiro atoms. The van der Waals surface area contributed by atoms with Crippen LogP contribution >= 0.6 is 0 Å². The summed E-state index contributed by atoms with van der Waals surface area (Å²) in [6.45, 7) is 6.17. The molecule has 0 aliphatic rings. The van der Waals surface area contributed by atoms with E-state index in [4.69, 9.17) is 4.74 Å². The van der Waals surface area contributed by atoms with Crippen molar-refractivity contribution in [3.8, 4) is 0 Å². The maximum atomic E-state index is 13.2. The van der Waals surface area contributed by atoms with Crippen molar-refractivity contribution in [1.29, 1.82) is 0 Å². The SMILES string of the molecule is CC/C=C\C/C=C\C/C=C\C/C=C\C/C=C\C/C=C\CCC(=O)OC(CCC\C=C/C=C\C=C\C=C\CC)CC(=O)NC(CO)C(O)CCCCCCCCCCCCCCCC. The van der Waals surface area contributed by atoms with E-state index < -0.39 is 18.2 Å². The number of aliphatic hydroxyl groups excluding tert-OH is 2. The second kappa shape index (κ2) is 49.3. The summed E-state index contributed by atoms with van der Waals surface area (Å²) in [6, 6.07) is -0.745. The van der Waals surface area contributed by atoms with Crippen molar-refractivity contribution in [2.24, 2.45) is 0 Å². The van der Waals surface area contributed by atoms with Gasteiger partial charge in [0, 0.05) is 6.42 Å². The highest BCUT2D eigenvalue weighted by molar-refractivity contribution is 5.77. The number of ether oxygens (including phenoxy) is 1. The first-order chi connectivity index (χ1) is 31.0. The predicted octanol–water partition coefficient (Wildman–Crippen LogP) is 15.3. The maximum absolute atomic E-state index is 13.2. The van der Waals surface area contributed by atoms with Gasteiger partial charge in [-0.15, -0.1) is 0 Å². The molecule has 3 atom stereocenters. The van der Waals surface area contributed by atoms with Gasteiger partial charge in [-0.25, -0.2) is 0 Å². The van der Waals surface area contributed by atoms with E-state index in [9.17, 15) is 19.8 Å². The number of carbonyl (C=O) groups is 2. The van der Waals surface area contributed by atoms with Crippen LogP contribution in [0.1, 0.15) is 201 Å². The van der Waals surface area contributed by atoms with Gasteiger partial charge in [-0.2, -0.15) is 0 Å². The largest absolute Gasteiger partial charge is 0.462 e.